The summed E-state index contributed by atoms with van der Waals surface area (Å²) >= 11 is 0. The molecule has 0 aromatic heterocycles. The molecule has 184 valence electrons. The zero-order chi connectivity index (χ0) is 24.7. The van der Waals surface area contributed by atoms with Crippen molar-refractivity contribution in [2.24, 2.45) is 0 Å². The molecule has 0 saturated carbocycles. The summed E-state index contributed by atoms with van der Waals surface area (Å²) < 4.78 is 43.1. The minimum Gasteiger partial charge on any atom is -0.493 e. The van der Waals surface area contributed by atoms with Crippen LogP contribution in [-0.4, -0.2) is 63.6 Å². The average molecular weight is 491 g/mol. The Morgan fingerprint density at radius 1 is 1.12 bits per heavy atom. The molecule has 1 aliphatic heterocycles. The van der Waals surface area contributed by atoms with Crippen molar-refractivity contribution in [2.45, 2.75) is 38.2 Å². The Labute approximate surface area is 200 Å². The molecule has 1 amide bonds. The highest BCUT2D eigenvalue weighted by Crippen LogP contribution is 2.21. The molecule has 2 aromatic rings. The molecule has 1 unspecified atom stereocenters. The van der Waals surface area contributed by atoms with Crippen molar-refractivity contribution in [1.29, 1.82) is 0 Å². The molecule has 3 rings (SSSR count). The van der Waals surface area contributed by atoms with E-state index in [1.165, 1.54) is 23.4 Å². The summed E-state index contributed by atoms with van der Waals surface area (Å²) in [5.41, 5.74) is 2.31. The summed E-state index contributed by atoms with van der Waals surface area (Å²) in [5, 5.41) is 2.60. The van der Waals surface area contributed by atoms with Gasteiger partial charge in [0.15, 0.2) is 6.10 Å². The normalized spacial score (nSPS) is 15.4. The van der Waals surface area contributed by atoms with Gasteiger partial charge in [0.05, 0.1) is 31.1 Å². The predicted octanol–water partition coefficient (Wildman–Crippen LogP) is 2.66. The number of sulfonamides is 1. The van der Waals surface area contributed by atoms with Gasteiger partial charge in [-0.1, -0.05) is 18.2 Å². The van der Waals surface area contributed by atoms with Crippen LogP contribution in [0.25, 0.3) is 0 Å². The van der Waals surface area contributed by atoms with Crippen LogP contribution in [0.1, 0.15) is 24.5 Å². The summed E-state index contributed by atoms with van der Waals surface area (Å²) in [7, 11) is -3.70. The highest BCUT2D eigenvalue weighted by molar-refractivity contribution is 7.89. The number of esters is 1. The molecule has 1 fully saturated rings. The van der Waals surface area contributed by atoms with Crippen molar-refractivity contribution in [3.63, 3.8) is 0 Å². The van der Waals surface area contributed by atoms with Gasteiger partial charge < -0.3 is 19.5 Å². The molecule has 0 radical (unpaired) electrons. The van der Waals surface area contributed by atoms with Gasteiger partial charge in [-0.15, -0.1) is 0 Å². The fourth-order valence-electron chi connectivity index (χ4n) is 3.33. The summed E-state index contributed by atoms with van der Waals surface area (Å²) in [6.45, 7) is 6.68. The van der Waals surface area contributed by atoms with E-state index in [9.17, 15) is 18.0 Å². The topological polar surface area (TPSA) is 111 Å². The van der Waals surface area contributed by atoms with Crippen LogP contribution in [0.3, 0.4) is 0 Å². The lowest BCUT2D eigenvalue weighted by atomic mass is 10.1. The van der Waals surface area contributed by atoms with E-state index in [2.05, 4.69) is 5.32 Å². The molecule has 1 heterocycles. The molecular formula is C24H30N2O7S. The number of carbonyl (C=O) groups excluding carboxylic acids is 2. The summed E-state index contributed by atoms with van der Waals surface area (Å²) in [6.07, 6.45) is -1.08. The monoisotopic (exact) mass is 490 g/mol. The Balaban J connectivity index is 1.51. The first kappa shape index (κ1) is 25.7. The lowest BCUT2D eigenvalue weighted by Gasteiger charge is -2.26. The Kier molecular flexibility index (Phi) is 8.65. The smallest absolute Gasteiger partial charge is 0.310 e. The van der Waals surface area contributed by atoms with Crippen LogP contribution in [-0.2, 0) is 29.1 Å². The fourth-order valence-corrected chi connectivity index (χ4v) is 4.79. The van der Waals surface area contributed by atoms with E-state index < -0.39 is 28.0 Å². The van der Waals surface area contributed by atoms with Gasteiger partial charge in [0, 0.05) is 18.8 Å². The first-order chi connectivity index (χ1) is 16.2. The fraction of sp³-hybridized carbons (Fsp3) is 0.417. The van der Waals surface area contributed by atoms with Gasteiger partial charge in [-0.05, 0) is 56.2 Å². The molecule has 0 spiro atoms. The van der Waals surface area contributed by atoms with Crippen molar-refractivity contribution in [2.75, 3.05) is 38.2 Å². The molecule has 9 nitrogen and oxygen atoms in total. The molecule has 1 aliphatic rings. The molecule has 2 aromatic carbocycles. The number of ether oxygens (including phenoxy) is 3. The van der Waals surface area contributed by atoms with Crippen molar-refractivity contribution in [3.05, 3.63) is 53.6 Å². The largest absolute Gasteiger partial charge is 0.493 e. The van der Waals surface area contributed by atoms with Crippen molar-refractivity contribution >= 4 is 27.6 Å². The van der Waals surface area contributed by atoms with Crippen molar-refractivity contribution in [1.82, 2.24) is 4.31 Å². The second kappa shape index (κ2) is 11.5. The molecule has 0 bridgehead atoms. The number of nitrogens with one attached hydrogen (secondary N) is 1. The first-order valence-electron chi connectivity index (χ1n) is 11.0. The standard InChI is InChI=1S/C24H30N2O7S/c1-17-7-8-18(2)22(15-17)32-12-9-23(27)33-19(3)24(28)25-20-5-4-6-21(16-20)34(29,30)26-10-13-31-14-11-26/h4-8,15-16,19H,9-14H2,1-3H3,(H,25,28). The number of benzene rings is 2. The molecule has 1 atom stereocenters. The van der Waals surface area contributed by atoms with E-state index in [1.54, 1.807) is 12.1 Å². The SMILES string of the molecule is Cc1ccc(C)c(OCCC(=O)OC(C)C(=O)Nc2cccc(S(=O)(=O)N3CCOCC3)c2)c1. The van der Waals surface area contributed by atoms with Gasteiger partial charge in [-0.2, -0.15) is 4.31 Å². The number of rotatable bonds is 9. The van der Waals surface area contributed by atoms with Crippen LogP contribution in [0, 0.1) is 13.8 Å². The summed E-state index contributed by atoms with van der Waals surface area (Å²) in [4.78, 5) is 24.7. The van der Waals surface area contributed by atoms with E-state index in [1.807, 2.05) is 32.0 Å². The minimum atomic E-state index is -3.70. The third kappa shape index (κ3) is 6.78. The van der Waals surface area contributed by atoms with Gasteiger partial charge in [0.1, 0.15) is 5.75 Å². The number of aryl methyl sites for hydroxylation is 2. The van der Waals surface area contributed by atoms with E-state index in [-0.39, 0.29) is 31.0 Å². The first-order valence-corrected chi connectivity index (χ1v) is 12.5. The number of amides is 1. The van der Waals surface area contributed by atoms with Crippen LogP contribution in [0.2, 0.25) is 0 Å². The Hall–Kier alpha value is -2.95. The van der Waals surface area contributed by atoms with Gasteiger partial charge in [-0.3, -0.25) is 9.59 Å². The zero-order valence-corrected chi connectivity index (χ0v) is 20.4. The maximum absolute atomic E-state index is 12.8. The van der Waals surface area contributed by atoms with Gasteiger partial charge in [-0.25, -0.2) is 8.42 Å². The zero-order valence-electron chi connectivity index (χ0n) is 19.6. The molecule has 1 saturated heterocycles. The number of hydrogen-bond donors (Lipinski definition) is 1. The highest BCUT2D eigenvalue weighted by Gasteiger charge is 2.27. The van der Waals surface area contributed by atoms with Gasteiger partial charge in [0.2, 0.25) is 10.0 Å². The lowest BCUT2D eigenvalue weighted by molar-refractivity contribution is -0.153. The molecular weight excluding hydrogens is 460 g/mol. The van der Waals surface area contributed by atoms with Crippen LogP contribution in [0.15, 0.2) is 47.4 Å². The maximum Gasteiger partial charge on any atom is 0.310 e. The minimum absolute atomic E-state index is 0.0156. The van der Waals surface area contributed by atoms with Crippen LogP contribution in [0.5, 0.6) is 5.75 Å². The number of morpholine rings is 1. The molecule has 34 heavy (non-hydrogen) atoms. The number of nitrogens with zero attached hydrogens (tertiary/aromatic N) is 1. The maximum atomic E-state index is 12.8. The van der Waals surface area contributed by atoms with Gasteiger partial charge >= 0.3 is 5.97 Å². The average Bonchev–Trinajstić information content (AvgIpc) is 2.82. The van der Waals surface area contributed by atoms with Crippen LogP contribution < -0.4 is 10.1 Å². The Morgan fingerprint density at radius 3 is 2.59 bits per heavy atom. The predicted molar refractivity (Wildman–Crippen MR) is 126 cm³/mol. The summed E-state index contributed by atoms with van der Waals surface area (Å²) in [6, 6.07) is 11.8. The quantitative estimate of drug-likeness (QED) is 0.538. The van der Waals surface area contributed by atoms with Crippen molar-refractivity contribution in [3.8, 4) is 5.75 Å². The van der Waals surface area contributed by atoms with E-state index >= 15 is 0 Å². The second-order valence-corrected chi connectivity index (χ2v) is 9.97. The number of anilines is 1. The number of carbonyl (C=O) groups is 2. The molecule has 1 N–H and O–H groups in total. The summed E-state index contributed by atoms with van der Waals surface area (Å²) in [5.74, 6) is -0.438. The molecule has 0 aliphatic carbocycles. The number of hydrogen-bond acceptors (Lipinski definition) is 7. The van der Waals surface area contributed by atoms with Gasteiger partial charge in [0.25, 0.3) is 5.91 Å². The second-order valence-electron chi connectivity index (χ2n) is 8.03. The van der Waals surface area contributed by atoms with Crippen LogP contribution >= 0.6 is 0 Å². The van der Waals surface area contributed by atoms with E-state index in [0.29, 0.717) is 24.7 Å². The third-order valence-electron chi connectivity index (χ3n) is 5.29. The lowest BCUT2D eigenvalue weighted by Crippen LogP contribution is -2.40. The van der Waals surface area contributed by atoms with E-state index in [0.717, 1.165) is 11.1 Å². The van der Waals surface area contributed by atoms with Crippen molar-refractivity contribution < 1.29 is 32.2 Å². The van der Waals surface area contributed by atoms with E-state index in [4.69, 9.17) is 14.2 Å². The Bertz CT molecular complexity index is 1130. The highest BCUT2D eigenvalue weighted by atomic mass is 32.2. The molecule has 10 heteroatoms. The van der Waals surface area contributed by atoms with Crippen LogP contribution in [0.4, 0.5) is 5.69 Å². The third-order valence-corrected chi connectivity index (χ3v) is 7.19. The Morgan fingerprint density at radius 2 is 1.85 bits per heavy atom.